The molecule has 8 heteroatoms. The van der Waals surface area contributed by atoms with Crippen molar-refractivity contribution >= 4 is 51.6 Å². The molecule has 1 aliphatic heterocycles. The average molecular weight is 442 g/mol. The lowest BCUT2D eigenvalue weighted by Crippen LogP contribution is -2.43. The summed E-state index contributed by atoms with van der Waals surface area (Å²) in [4.78, 5) is 42.0. The first-order chi connectivity index (χ1) is 14.3. The molecule has 4 amide bonds. The summed E-state index contributed by atoms with van der Waals surface area (Å²) in [6.07, 6.45) is 0. The molecular weight excluding hydrogens is 422 g/mol. The highest BCUT2D eigenvalue weighted by molar-refractivity contribution is 7.16. The maximum Gasteiger partial charge on any atom is 0.325 e. The topological polar surface area (TPSA) is 69.7 Å². The van der Waals surface area contributed by atoms with Gasteiger partial charge in [0.25, 0.3) is 5.91 Å². The van der Waals surface area contributed by atoms with Crippen LogP contribution in [0, 0.1) is 0 Å². The number of imide groups is 1. The molecular formula is C22H20ClN3O3S. The summed E-state index contributed by atoms with van der Waals surface area (Å²) in [5.41, 5.74) is -0.534. The summed E-state index contributed by atoms with van der Waals surface area (Å²) in [5.74, 6) is -0.769. The van der Waals surface area contributed by atoms with Crippen molar-refractivity contribution in [3.8, 4) is 0 Å². The Morgan fingerprint density at radius 1 is 1.13 bits per heavy atom. The fourth-order valence-electron chi connectivity index (χ4n) is 3.70. The lowest BCUT2D eigenvalue weighted by atomic mass is 9.88. The van der Waals surface area contributed by atoms with Gasteiger partial charge in [-0.25, -0.2) is 4.79 Å². The van der Waals surface area contributed by atoms with E-state index in [4.69, 9.17) is 11.6 Å². The van der Waals surface area contributed by atoms with Crippen molar-refractivity contribution in [1.82, 2.24) is 15.1 Å². The fourth-order valence-corrected chi connectivity index (χ4v) is 4.84. The Kier molecular flexibility index (Phi) is 5.26. The predicted molar refractivity (Wildman–Crippen MR) is 117 cm³/mol. The Bertz CT molecular complexity index is 1160. The summed E-state index contributed by atoms with van der Waals surface area (Å²) >= 11 is 7.33. The first-order valence-electron chi connectivity index (χ1n) is 9.40. The molecule has 30 heavy (non-hydrogen) atoms. The van der Waals surface area contributed by atoms with Crippen LogP contribution < -0.4 is 5.32 Å². The zero-order valence-electron chi connectivity index (χ0n) is 16.5. The van der Waals surface area contributed by atoms with Gasteiger partial charge in [-0.1, -0.05) is 54.1 Å². The van der Waals surface area contributed by atoms with E-state index >= 15 is 0 Å². The Labute approximate surface area is 183 Å². The molecule has 1 aliphatic rings. The summed E-state index contributed by atoms with van der Waals surface area (Å²) in [5, 5.41) is 4.65. The van der Waals surface area contributed by atoms with Crippen LogP contribution in [-0.4, -0.2) is 41.2 Å². The number of carbonyl (C=O) groups is 3. The third kappa shape index (κ3) is 3.55. The van der Waals surface area contributed by atoms with Crippen LogP contribution in [0.2, 0.25) is 4.34 Å². The Morgan fingerprint density at radius 2 is 1.87 bits per heavy atom. The standard InChI is InChI=1S/C22H20ClN3O3S/c1-22(17-9-5-7-14-6-3-4-8-16(14)17)20(28)26(21(29)24-22)13-19(27)25(2)12-15-10-11-18(23)30-15/h3-11H,12-13H2,1-2H3,(H,24,29)/t22-/m1/s1. The van der Waals surface area contributed by atoms with Crippen LogP contribution in [0.1, 0.15) is 17.4 Å². The van der Waals surface area contributed by atoms with Crippen molar-refractivity contribution in [2.75, 3.05) is 13.6 Å². The van der Waals surface area contributed by atoms with Gasteiger partial charge in [-0.05, 0) is 35.4 Å². The minimum atomic E-state index is -1.24. The number of benzene rings is 2. The second-order valence-corrected chi connectivity index (χ2v) is 9.23. The first-order valence-corrected chi connectivity index (χ1v) is 10.6. The van der Waals surface area contributed by atoms with Crippen LogP contribution >= 0.6 is 22.9 Å². The molecule has 0 aliphatic carbocycles. The molecule has 3 aromatic rings. The van der Waals surface area contributed by atoms with E-state index in [1.165, 1.54) is 16.2 Å². The van der Waals surface area contributed by atoms with E-state index in [1.54, 1.807) is 20.0 Å². The van der Waals surface area contributed by atoms with Crippen LogP contribution in [0.3, 0.4) is 0 Å². The van der Waals surface area contributed by atoms with Gasteiger partial charge in [0.2, 0.25) is 5.91 Å². The monoisotopic (exact) mass is 441 g/mol. The average Bonchev–Trinajstić information content (AvgIpc) is 3.23. The fraction of sp³-hybridized carbons (Fsp3) is 0.227. The number of amides is 4. The maximum absolute atomic E-state index is 13.3. The molecule has 6 nitrogen and oxygen atoms in total. The van der Waals surface area contributed by atoms with Crippen LogP contribution in [0.25, 0.3) is 10.8 Å². The van der Waals surface area contributed by atoms with Gasteiger partial charge in [-0.15, -0.1) is 11.3 Å². The van der Waals surface area contributed by atoms with Gasteiger partial charge >= 0.3 is 6.03 Å². The Morgan fingerprint density at radius 3 is 2.60 bits per heavy atom. The number of nitrogens with one attached hydrogen (secondary N) is 1. The van der Waals surface area contributed by atoms with Crippen LogP contribution in [0.5, 0.6) is 0 Å². The zero-order valence-corrected chi connectivity index (χ0v) is 18.1. The molecule has 1 N–H and O–H groups in total. The molecule has 2 heterocycles. The molecule has 0 spiro atoms. The highest BCUT2D eigenvalue weighted by Crippen LogP contribution is 2.33. The molecule has 1 atom stereocenters. The lowest BCUT2D eigenvalue weighted by Gasteiger charge is -2.24. The van der Waals surface area contributed by atoms with Crippen molar-refractivity contribution in [1.29, 1.82) is 0 Å². The van der Waals surface area contributed by atoms with Gasteiger partial charge in [-0.2, -0.15) is 0 Å². The van der Waals surface area contributed by atoms with E-state index in [1.807, 2.05) is 48.5 Å². The number of fused-ring (bicyclic) bond motifs is 1. The molecule has 1 saturated heterocycles. The SMILES string of the molecule is CN(Cc1ccc(Cl)s1)C(=O)CN1C(=O)N[C@](C)(c2cccc3ccccc23)C1=O. The van der Waals surface area contributed by atoms with Crippen molar-refractivity contribution in [3.05, 3.63) is 69.4 Å². The zero-order chi connectivity index (χ0) is 21.5. The Balaban J connectivity index is 1.55. The van der Waals surface area contributed by atoms with Crippen LogP contribution in [0.15, 0.2) is 54.6 Å². The van der Waals surface area contributed by atoms with Crippen molar-refractivity contribution in [2.24, 2.45) is 0 Å². The van der Waals surface area contributed by atoms with Crippen LogP contribution in [0.4, 0.5) is 4.79 Å². The highest BCUT2D eigenvalue weighted by atomic mass is 35.5. The lowest BCUT2D eigenvalue weighted by molar-refractivity contribution is -0.138. The normalized spacial score (nSPS) is 18.7. The highest BCUT2D eigenvalue weighted by Gasteiger charge is 2.50. The van der Waals surface area contributed by atoms with Gasteiger partial charge in [0.1, 0.15) is 12.1 Å². The first kappa shape index (κ1) is 20.4. The van der Waals surface area contributed by atoms with E-state index < -0.39 is 17.5 Å². The number of urea groups is 1. The molecule has 1 aromatic heterocycles. The summed E-state index contributed by atoms with van der Waals surface area (Å²) in [6.45, 7) is 1.72. The van der Waals surface area contributed by atoms with E-state index in [2.05, 4.69) is 5.32 Å². The number of thiophene rings is 1. The molecule has 2 aromatic carbocycles. The van der Waals surface area contributed by atoms with Gasteiger partial charge < -0.3 is 10.2 Å². The number of hydrogen-bond acceptors (Lipinski definition) is 4. The molecule has 4 rings (SSSR count). The number of likely N-dealkylation sites (N-methyl/N-ethyl adjacent to an activating group) is 1. The van der Waals surface area contributed by atoms with Crippen molar-refractivity contribution < 1.29 is 14.4 Å². The predicted octanol–water partition coefficient (Wildman–Crippen LogP) is 3.98. The van der Waals surface area contributed by atoms with E-state index in [0.29, 0.717) is 16.4 Å². The molecule has 0 bridgehead atoms. The number of carbonyl (C=O) groups excluding carboxylic acids is 3. The smallest absolute Gasteiger partial charge is 0.325 e. The van der Waals surface area contributed by atoms with Crippen molar-refractivity contribution in [3.63, 3.8) is 0 Å². The maximum atomic E-state index is 13.3. The van der Waals surface area contributed by atoms with Crippen LogP contribution in [-0.2, 0) is 21.7 Å². The van der Waals surface area contributed by atoms with E-state index in [0.717, 1.165) is 20.5 Å². The number of halogens is 1. The second-order valence-electron chi connectivity index (χ2n) is 7.43. The van der Waals surface area contributed by atoms with Gasteiger partial charge in [0.05, 0.1) is 10.9 Å². The minimum absolute atomic E-state index is 0.319. The second kappa shape index (κ2) is 7.74. The number of nitrogens with zero attached hydrogens (tertiary/aromatic N) is 2. The molecule has 0 saturated carbocycles. The molecule has 1 fully saturated rings. The third-order valence-corrected chi connectivity index (χ3v) is 6.56. The quantitative estimate of drug-likeness (QED) is 0.609. The van der Waals surface area contributed by atoms with Gasteiger partial charge in [0, 0.05) is 11.9 Å². The summed E-state index contributed by atoms with van der Waals surface area (Å²) in [7, 11) is 1.64. The van der Waals surface area contributed by atoms with Crippen molar-refractivity contribution in [2.45, 2.75) is 19.0 Å². The largest absolute Gasteiger partial charge is 0.339 e. The summed E-state index contributed by atoms with van der Waals surface area (Å²) < 4.78 is 0.644. The minimum Gasteiger partial charge on any atom is -0.339 e. The van der Waals surface area contributed by atoms with Gasteiger partial charge in [-0.3, -0.25) is 14.5 Å². The Hall–Kier alpha value is -2.90. The number of hydrogen-bond donors (Lipinski definition) is 1. The van der Waals surface area contributed by atoms with E-state index in [9.17, 15) is 14.4 Å². The third-order valence-electron chi connectivity index (χ3n) is 5.34. The summed E-state index contributed by atoms with van der Waals surface area (Å²) in [6, 6.07) is 16.4. The molecule has 0 radical (unpaired) electrons. The molecule has 154 valence electrons. The van der Waals surface area contributed by atoms with E-state index in [-0.39, 0.29) is 12.5 Å². The number of rotatable bonds is 5. The molecule has 0 unspecified atom stereocenters. The van der Waals surface area contributed by atoms with Gasteiger partial charge in [0.15, 0.2) is 0 Å².